The molecule has 1 amide bonds. The van der Waals surface area contributed by atoms with Crippen molar-refractivity contribution in [2.24, 2.45) is 5.16 Å². The Morgan fingerprint density at radius 2 is 1.77 bits per heavy atom. The van der Waals surface area contributed by atoms with Gasteiger partial charge in [0.05, 0.1) is 17.8 Å². The molecule has 2 aromatic carbocycles. The molecule has 0 spiro atoms. The first-order chi connectivity index (χ1) is 16.2. The van der Waals surface area contributed by atoms with Crippen molar-refractivity contribution in [3.05, 3.63) is 68.7 Å². The quantitative estimate of drug-likeness (QED) is 0.449. The van der Waals surface area contributed by atoms with Crippen molar-refractivity contribution in [2.45, 2.75) is 51.1 Å². The van der Waals surface area contributed by atoms with Gasteiger partial charge in [0, 0.05) is 22.0 Å². The molecule has 1 atom stereocenters. The molecule has 0 radical (unpaired) electrons. The number of amides is 1. The maximum atomic E-state index is 14.3. The van der Waals surface area contributed by atoms with Gasteiger partial charge in [-0.15, -0.1) is 5.06 Å². The number of rotatable bonds is 2. The number of nitrogens with zero attached hydrogens (tertiary/aromatic N) is 2. The van der Waals surface area contributed by atoms with Gasteiger partial charge in [0.1, 0.15) is 5.60 Å². The number of hydroxylamine groups is 2. The second-order valence-electron chi connectivity index (χ2n) is 9.06. The largest absolute Gasteiger partial charge is 0.444 e. The monoisotopic (exact) mass is 530 g/mol. The Bertz CT molecular complexity index is 1220. The zero-order valence-corrected chi connectivity index (χ0v) is 20.2. The van der Waals surface area contributed by atoms with Crippen molar-refractivity contribution in [1.82, 2.24) is 5.06 Å². The Morgan fingerprint density at radius 3 is 2.37 bits per heavy atom. The fraction of sp³-hybridized carbons (Fsp3) is 0.348. The van der Waals surface area contributed by atoms with Crippen LogP contribution in [0.5, 0.6) is 0 Å². The maximum absolute atomic E-state index is 14.3. The number of oxime groups is 1. The number of hydrogen-bond acceptors (Lipinski definition) is 6. The predicted molar refractivity (Wildman–Crippen MR) is 120 cm³/mol. The first kappa shape index (κ1) is 25.1. The number of alkyl halides is 3. The third kappa shape index (κ3) is 4.90. The fourth-order valence-electron chi connectivity index (χ4n) is 3.70. The Kier molecular flexibility index (Phi) is 6.17. The lowest BCUT2D eigenvalue weighted by Gasteiger charge is -2.30. The summed E-state index contributed by atoms with van der Waals surface area (Å²) >= 11 is 11.9. The molecule has 2 aromatic rings. The molecule has 4 rings (SSSR count). The van der Waals surface area contributed by atoms with Gasteiger partial charge in [0.25, 0.3) is 5.60 Å². The molecular formula is C23H19Cl2F3N2O5. The highest BCUT2D eigenvalue weighted by atomic mass is 35.5. The van der Waals surface area contributed by atoms with Crippen LogP contribution in [0.1, 0.15) is 54.2 Å². The molecule has 0 saturated heterocycles. The van der Waals surface area contributed by atoms with E-state index in [0.29, 0.717) is 5.56 Å². The highest BCUT2D eigenvalue weighted by Gasteiger charge is 2.62. The zero-order chi connectivity index (χ0) is 25.8. The summed E-state index contributed by atoms with van der Waals surface area (Å²) in [5.41, 5.74) is -3.14. The minimum atomic E-state index is -4.85. The lowest BCUT2D eigenvalue weighted by molar-refractivity contribution is -0.275. The topological polar surface area (TPSA) is 77.4 Å². The normalized spacial score (nSPS) is 20.1. The predicted octanol–water partition coefficient (Wildman–Crippen LogP) is 6.40. The molecule has 1 unspecified atom stereocenters. The average Bonchev–Trinajstić information content (AvgIpc) is 3.18. The van der Waals surface area contributed by atoms with E-state index in [1.807, 2.05) is 0 Å². The molecule has 0 aliphatic carbocycles. The van der Waals surface area contributed by atoms with Gasteiger partial charge in [-0.3, -0.25) is 0 Å². The number of ether oxygens (including phenoxy) is 1. The van der Waals surface area contributed by atoms with Crippen LogP contribution in [0, 0.1) is 0 Å². The van der Waals surface area contributed by atoms with Crippen LogP contribution < -0.4 is 0 Å². The molecule has 0 bridgehead atoms. The molecule has 12 heteroatoms. The summed E-state index contributed by atoms with van der Waals surface area (Å²) < 4.78 is 48.0. The number of carbonyl (C=O) groups is 2. The van der Waals surface area contributed by atoms with E-state index in [1.54, 1.807) is 20.8 Å². The number of halogens is 5. The second kappa shape index (κ2) is 8.60. The van der Waals surface area contributed by atoms with Crippen molar-refractivity contribution < 1.29 is 37.2 Å². The SMILES string of the molecule is CC(C)(C)OC(=O)N1Cc2cc(C3=NOC(c4cc(Cl)cc(Cl)c4)(C(F)(F)F)C3)ccc2C(=O)O1. The van der Waals surface area contributed by atoms with E-state index >= 15 is 0 Å². The fourth-order valence-corrected chi connectivity index (χ4v) is 4.23. The maximum Gasteiger partial charge on any atom is 0.444 e. The smallest absolute Gasteiger partial charge is 0.442 e. The first-order valence-corrected chi connectivity index (χ1v) is 11.1. The number of benzene rings is 2. The standard InChI is InChI=1S/C23H19Cl2F3N2O5/c1-21(2,3)33-20(32)30-11-13-6-12(4-5-17(13)19(31)34-30)18-10-22(35-29-18,23(26,27)28)14-7-15(24)9-16(25)8-14/h4-9H,10-11H2,1-3H3. The summed E-state index contributed by atoms with van der Waals surface area (Å²) in [6.45, 7) is 4.80. The Morgan fingerprint density at radius 1 is 1.11 bits per heavy atom. The summed E-state index contributed by atoms with van der Waals surface area (Å²) in [7, 11) is 0. The minimum Gasteiger partial charge on any atom is -0.442 e. The Labute approximate surface area is 208 Å². The van der Waals surface area contributed by atoms with Crippen molar-refractivity contribution in [1.29, 1.82) is 0 Å². The summed E-state index contributed by atoms with van der Waals surface area (Å²) in [6.07, 6.45) is -6.39. The van der Waals surface area contributed by atoms with Gasteiger partial charge in [0.2, 0.25) is 0 Å². The summed E-state index contributed by atoms with van der Waals surface area (Å²) in [5.74, 6) is -0.800. The zero-order valence-electron chi connectivity index (χ0n) is 18.7. The van der Waals surface area contributed by atoms with E-state index < -0.39 is 35.9 Å². The van der Waals surface area contributed by atoms with Crippen LogP contribution in [0.2, 0.25) is 10.0 Å². The summed E-state index contributed by atoms with van der Waals surface area (Å²) in [6, 6.07) is 7.86. The van der Waals surface area contributed by atoms with E-state index in [0.717, 1.165) is 17.2 Å². The first-order valence-electron chi connectivity index (χ1n) is 10.3. The number of hydrogen-bond donors (Lipinski definition) is 0. The van der Waals surface area contributed by atoms with Crippen molar-refractivity contribution in [3.63, 3.8) is 0 Å². The molecule has 2 aliphatic rings. The Hall–Kier alpha value is -2.98. The highest BCUT2D eigenvalue weighted by molar-refractivity contribution is 6.34. The van der Waals surface area contributed by atoms with E-state index in [9.17, 15) is 22.8 Å². The van der Waals surface area contributed by atoms with Crippen LogP contribution in [-0.4, -0.2) is 34.6 Å². The van der Waals surface area contributed by atoms with Crippen molar-refractivity contribution in [2.75, 3.05) is 0 Å². The molecule has 0 fully saturated rings. The van der Waals surface area contributed by atoms with Gasteiger partial charge in [-0.25, -0.2) is 9.59 Å². The molecule has 0 saturated carbocycles. The number of carbonyl (C=O) groups excluding carboxylic acids is 2. The van der Waals surface area contributed by atoms with E-state index in [-0.39, 0.29) is 39.0 Å². The van der Waals surface area contributed by atoms with Crippen LogP contribution in [-0.2, 0) is 26.6 Å². The van der Waals surface area contributed by atoms with E-state index in [2.05, 4.69) is 5.16 Å². The van der Waals surface area contributed by atoms with Gasteiger partial charge in [-0.2, -0.15) is 13.2 Å². The van der Waals surface area contributed by atoms with Crippen LogP contribution in [0.4, 0.5) is 18.0 Å². The van der Waals surface area contributed by atoms with Crippen LogP contribution in [0.3, 0.4) is 0 Å². The molecular weight excluding hydrogens is 512 g/mol. The summed E-state index contributed by atoms with van der Waals surface area (Å²) in [5, 5.41) is 4.50. The molecule has 2 aliphatic heterocycles. The van der Waals surface area contributed by atoms with Gasteiger partial charge >= 0.3 is 18.2 Å². The lowest BCUT2D eigenvalue weighted by Crippen LogP contribution is -2.42. The molecule has 7 nitrogen and oxygen atoms in total. The van der Waals surface area contributed by atoms with Gasteiger partial charge in [-0.1, -0.05) is 34.4 Å². The van der Waals surface area contributed by atoms with Crippen LogP contribution >= 0.6 is 23.2 Å². The van der Waals surface area contributed by atoms with E-state index in [1.165, 1.54) is 24.3 Å². The van der Waals surface area contributed by atoms with Crippen molar-refractivity contribution in [3.8, 4) is 0 Å². The number of fused-ring (bicyclic) bond motifs is 1. The highest BCUT2D eigenvalue weighted by Crippen LogP contribution is 2.49. The molecule has 0 aromatic heterocycles. The molecule has 186 valence electrons. The van der Waals surface area contributed by atoms with Gasteiger partial charge in [0.15, 0.2) is 0 Å². The summed E-state index contributed by atoms with van der Waals surface area (Å²) in [4.78, 5) is 34.8. The van der Waals surface area contributed by atoms with Crippen molar-refractivity contribution >= 4 is 41.0 Å². The van der Waals surface area contributed by atoms with Gasteiger partial charge in [-0.05, 0) is 62.2 Å². The van der Waals surface area contributed by atoms with Crippen LogP contribution in [0.25, 0.3) is 0 Å². The second-order valence-corrected chi connectivity index (χ2v) is 9.93. The molecule has 35 heavy (non-hydrogen) atoms. The third-order valence-electron chi connectivity index (χ3n) is 5.28. The van der Waals surface area contributed by atoms with E-state index in [4.69, 9.17) is 37.6 Å². The average molecular weight is 531 g/mol. The van der Waals surface area contributed by atoms with Crippen LogP contribution in [0.15, 0.2) is 41.6 Å². The Balaban J connectivity index is 1.64. The van der Waals surface area contributed by atoms with Gasteiger partial charge < -0.3 is 14.4 Å². The third-order valence-corrected chi connectivity index (χ3v) is 5.71. The molecule has 2 heterocycles. The molecule has 0 N–H and O–H groups in total. The lowest BCUT2D eigenvalue weighted by atomic mass is 9.86. The minimum absolute atomic E-state index is 0.0102.